The summed E-state index contributed by atoms with van der Waals surface area (Å²) in [5.74, 6) is 2.70. The summed E-state index contributed by atoms with van der Waals surface area (Å²) in [5.41, 5.74) is 7.34. The Morgan fingerprint density at radius 1 is 0.788 bits per heavy atom. The molecule has 0 radical (unpaired) electrons. The summed E-state index contributed by atoms with van der Waals surface area (Å²) in [6, 6.07) is 8.52. The maximum Gasteiger partial charge on any atom is 0.481 e. The lowest BCUT2D eigenvalue weighted by Crippen LogP contribution is -2.65. The van der Waals surface area contributed by atoms with Crippen molar-refractivity contribution in [2.75, 3.05) is 0 Å². The van der Waals surface area contributed by atoms with E-state index in [-0.39, 0.29) is 60.2 Å². The average molecular weight is 722 g/mol. The molecule has 2 aliphatic heterocycles. The van der Waals surface area contributed by atoms with Crippen LogP contribution in [0.5, 0.6) is 0 Å². The van der Waals surface area contributed by atoms with E-state index in [1.165, 1.54) is 12.8 Å². The molecule has 52 heavy (non-hydrogen) atoms. The Morgan fingerprint density at radius 3 is 1.77 bits per heavy atom. The summed E-state index contributed by atoms with van der Waals surface area (Å²) < 4.78 is 25.6. The smallest absolute Gasteiger partial charge is 0.465 e. The molecule has 0 spiro atoms. The van der Waals surface area contributed by atoms with Crippen molar-refractivity contribution in [3.05, 3.63) is 35.9 Å². The normalized spacial score (nSPS) is 36.3. The molecule has 6 aliphatic carbocycles. The first-order valence-corrected chi connectivity index (χ1v) is 20.0. The van der Waals surface area contributed by atoms with E-state index in [4.69, 9.17) is 24.4 Å². The molecule has 0 aromatic heterocycles. The Kier molecular flexibility index (Phi) is 11.0. The van der Waals surface area contributed by atoms with Gasteiger partial charge in [0.2, 0.25) is 5.91 Å². The number of hydrogen-bond donors (Lipinski definition) is 4. The molecule has 8 aliphatic rings. The number of rotatable bonds is 11. The third kappa shape index (κ3) is 7.33. The van der Waals surface area contributed by atoms with E-state index < -0.39 is 19.3 Å². The van der Waals surface area contributed by atoms with Crippen LogP contribution in [0.1, 0.15) is 113 Å². The Balaban J connectivity index is 0.000000206. The second kappa shape index (κ2) is 14.5. The van der Waals surface area contributed by atoms with Crippen molar-refractivity contribution in [3.8, 4) is 0 Å². The summed E-state index contributed by atoms with van der Waals surface area (Å²) in [5, 5.41) is 14.8. The summed E-state index contributed by atoms with van der Waals surface area (Å²) in [4.78, 5) is 24.7. The number of carbonyl (C=O) groups is 2. The van der Waals surface area contributed by atoms with Gasteiger partial charge in [-0.3, -0.25) is 4.79 Å². The van der Waals surface area contributed by atoms with Crippen molar-refractivity contribution in [3.63, 3.8) is 0 Å². The van der Waals surface area contributed by atoms with Gasteiger partial charge in [-0.15, -0.1) is 0 Å². The van der Waals surface area contributed by atoms with Gasteiger partial charge in [-0.25, -0.2) is 4.79 Å². The van der Waals surface area contributed by atoms with Crippen LogP contribution < -0.4 is 16.4 Å². The molecule has 9 rings (SSSR count). The van der Waals surface area contributed by atoms with E-state index in [2.05, 4.69) is 79.9 Å². The minimum atomic E-state index is -1.22. The average Bonchev–Trinajstić information content (AvgIpc) is 3.60. The summed E-state index contributed by atoms with van der Waals surface area (Å²) >= 11 is 0. The van der Waals surface area contributed by atoms with Crippen molar-refractivity contribution >= 4 is 26.2 Å². The maximum atomic E-state index is 13.3. The number of carbonyl (C=O) groups excluding carboxylic acids is 1. The molecular formula is C40H65B2N3O7. The lowest BCUT2D eigenvalue weighted by molar-refractivity contribution is -0.199. The molecule has 11 atom stereocenters. The minimum absolute atomic E-state index is 0.00253. The van der Waals surface area contributed by atoms with Crippen molar-refractivity contribution < 1.29 is 33.3 Å². The molecule has 1 aromatic rings. The van der Waals surface area contributed by atoms with Gasteiger partial charge in [0.05, 0.1) is 29.4 Å². The summed E-state index contributed by atoms with van der Waals surface area (Å²) in [6.07, 6.45) is 5.58. The summed E-state index contributed by atoms with van der Waals surface area (Å²) in [6.45, 7) is 22.4. The van der Waals surface area contributed by atoms with Gasteiger partial charge < -0.3 is 40.1 Å². The highest BCUT2D eigenvalue weighted by Gasteiger charge is 2.69. The van der Waals surface area contributed by atoms with Crippen LogP contribution in [-0.2, 0) is 29.8 Å². The van der Waals surface area contributed by atoms with Crippen LogP contribution in [0, 0.1) is 46.3 Å². The van der Waals surface area contributed by atoms with E-state index in [9.17, 15) is 14.7 Å². The maximum absolute atomic E-state index is 13.3. The fourth-order valence-corrected chi connectivity index (χ4v) is 11.0. The summed E-state index contributed by atoms with van der Waals surface area (Å²) in [7, 11) is -0.740. The largest absolute Gasteiger partial charge is 0.481 e. The molecule has 12 heteroatoms. The molecule has 2 saturated heterocycles. The molecule has 1 aromatic carbocycles. The van der Waals surface area contributed by atoms with Crippen molar-refractivity contribution in [2.45, 2.75) is 156 Å². The molecule has 1 unspecified atom stereocenters. The molecule has 10 nitrogen and oxygen atoms in total. The van der Waals surface area contributed by atoms with Crippen LogP contribution in [0.2, 0.25) is 0 Å². The Labute approximate surface area is 313 Å². The predicted octanol–water partition coefficient (Wildman–Crippen LogP) is 6.29. The zero-order chi connectivity index (χ0) is 38.0. The molecular weight excluding hydrogens is 656 g/mol. The number of nitrogens with two attached hydrogens (primary N) is 1. The molecule has 288 valence electrons. The first kappa shape index (κ1) is 39.6. The van der Waals surface area contributed by atoms with Crippen LogP contribution in [-0.4, -0.2) is 72.7 Å². The Morgan fingerprint density at radius 2 is 1.29 bits per heavy atom. The highest BCUT2D eigenvalue weighted by molar-refractivity contribution is 6.48. The quantitative estimate of drug-likeness (QED) is 0.196. The zero-order valence-electron chi connectivity index (χ0n) is 33.3. The third-order valence-electron chi connectivity index (χ3n) is 14.3. The van der Waals surface area contributed by atoms with Gasteiger partial charge in [0.15, 0.2) is 0 Å². The molecule has 2 amide bonds. The SMILES string of the molecule is CC(C)C[C@@H](NC(=O)C(Cc1ccccc1)NC(=O)O)B1O[C@H]2C[C@@H]3C[C@@H](C3(C)C)[C@]2(C)O1.CC(C)C[C@H](N)B1O[C@@H]2C[C@@H]3C[C@@H](C3(C)C)[C@]2(C)O1. The molecule has 6 saturated carbocycles. The highest BCUT2D eigenvalue weighted by atomic mass is 16.7. The number of nitrogens with one attached hydrogen (secondary N) is 2. The van der Waals surface area contributed by atoms with Crippen molar-refractivity contribution in [2.24, 2.45) is 52.1 Å². The monoisotopic (exact) mass is 722 g/mol. The number of carboxylic acid groups (broad SMARTS) is 1. The number of hydrogen-bond acceptors (Lipinski definition) is 7. The van der Waals surface area contributed by atoms with Gasteiger partial charge in [0.25, 0.3) is 0 Å². The van der Waals surface area contributed by atoms with E-state index in [1.54, 1.807) is 0 Å². The third-order valence-corrected chi connectivity index (χ3v) is 14.3. The van der Waals surface area contributed by atoms with Crippen LogP contribution in [0.3, 0.4) is 0 Å². The fourth-order valence-electron chi connectivity index (χ4n) is 11.0. The Bertz CT molecular complexity index is 1450. The van der Waals surface area contributed by atoms with Crippen LogP contribution in [0.25, 0.3) is 0 Å². The van der Waals surface area contributed by atoms with E-state index in [0.717, 1.165) is 30.7 Å². The zero-order valence-corrected chi connectivity index (χ0v) is 33.3. The number of amides is 2. The second-order valence-electron chi connectivity index (χ2n) is 19.4. The topological polar surface area (TPSA) is 141 Å². The van der Waals surface area contributed by atoms with Crippen LogP contribution in [0.15, 0.2) is 30.3 Å². The Hall–Kier alpha value is -2.11. The molecule has 5 N–H and O–H groups in total. The van der Waals surface area contributed by atoms with Crippen LogP contribution >= 0.6 is 0 Å². The van der Waals surface area contributed by atoms with Gasteiger partial charge in [-0.05, 0) is 104 Å². The first-order chi connectivity index (χ1) is 24.2. The number of benzene rings is 1. The molecule has 8 fully saturated rings. The van der Waals surface area contributed by atoms with Crippen LogP contribution in [0.4, 0.5) is 4.79 Å². The van der Waals surface area contributed by atoms with E-state index >= 15 is 0 Å². The van der Waals surface area contributed by atoms with E-state index in [0.29, 0.717) is 41.4 Å². The van der Waals surface area contributed by atoms with E-state index in [1.807, 2.05) is 30.3 Å². The van der Waals surface area contributed by atoms with Gasteiger partial charge >= 0.3 is 20.3 Å². The molecule has 2 heterocycles. The van der Waals surface area contributed by atoms with Crippen molar-refractivity contribution in [1.82, 2.24) is 10.6 Å². The fraction of sp³-hybridized carbons (Fsp3) is 0.800. The standard InChI is InChI=1S/C25H37BN2O5.C15H28BNO2/c1-15(2)11-21(26-32-20-14-17-13-19(24(17,3)4)25(20,5)33-26)28-22(29)18(27-23(30)31)12-16-9-7-6-8-10-16;1-9(2)6-13(17)16-18-12-8-10-7-11(14(10,3)4)15(12,5)19-16/h6-10,15,17-21,27H,11-14H2,1-5H3,(H,28,29)(H,30,31);9-13H,6-8,17H2,1-5H3/t17-,18?,19-,20-,21+,25-;10-,11-,12+,13-,15-/m00/s1. The first-order valence-electron chi connectivity index (χ1n) is 20.0. The predicted molar refractivity (Wildman–Crippen MR) is 204 cm³/mol. The van der Waals surface area contributed by atoms with Gasteiger partial charge in [-0.2, -0.15) is 0 Å². The van der Waals surface area contributed by atoms with Gasteiger partial charge in [-0.1, -0.05) is 85.7 Å². The van der Waals surface area contributed by atoms with Crippen molar-refractivity contribution in [1.29, 1.82) is 0 Å². The van der Waals surface area contributed by atoms with Gasteiger partial charge in [0, 0.05) is 12.4 Å². The lowest BCUT2D eigenvalue weighted by Gasteiger charge is -2.64. The second-order valence-corrected chi connectivity index (χ2v) is 19.4. The minimum Gasteiger partial charge on any atom is -0.465 e. The highest BCUT2D eigenvalue weighted by Crippen LogP contribution is 2.67. The van der Waals surface area contributed by atoms with Gasteiger partial charge in [0.1, 0.15) is 6.04 Å². The molecule has 4 bridgehead atoms. The lowest BCUT2D eigenvalue weighted by atomic mass is 9.43.